The van der Waals surface area contributed by atoms with Gasteiger partial charge in [-0.05, 0) is 12.0 Å². The molecular weight excluding hydrogens is 330 g/mol. The molecule has 1 aliphatic heterocycles. The summed E-state index contributed by atoms with van der Waals surface area (Å²) in [5, 5.41) is 7.52. The van der Waals surface area contributed by atoms with Crippen molar-refractivity contribution in [1.82, 2.24) is 24.9 Å². The zero-order valence-electron chi connectivity index (χ0n) is 14.9. The summed E-state index contributed by atoms with van der Waals surface area (Å²) in [7, 11) is 5.31. The number of nitrogens with zero attached hydrogens (tertiary/aromatic N) is 4. The van der Waals surface area contributed by atoms with E-state index in [1.54, 1.807) is 23.7 Å². The third-order valence-corrected chi connectivity index (χ3v) is 4.31. The fraction of sp³-hybridized carbons (Fsp3) is 0.688. The summed E-state index contributed by atoms with van der Waals surface area (Å²) in [6, 6.07) is 0. The Labute approximate surface area is 149 Å². The van der Waals surface area contributed by atoms with Gasteiger partial charge in [-0.3, -0.25) is 14.3 Å². The largest absolute Gasteiger partial charge is 0.347 e. The molecule has 0 unspecified atom stereocenters. The summed E-state index contributed by atoms with van der Waals surface area (Å²) in [5.41, 5.74) is 1.08. The molecule has 8 heteroatoms. The molecule has 2 amide bonds. The molecule has 1 aromatic heterocycles. The maximum atomic E-state index is 13.0. The molecule has 2 rings (SSSR count). The van der Waals surface area contributed by atoms with Gasteiger partial charge in [-0.2, -0.15) is 5.10 Å². The van der Waals surface area contributed by atoms with Crippen molar-refractivity contribution in [3.63, 3.8) is 0 Å². The van der Waals surface area contributed by atoms with Crippen LogP contribution >= 0.6 is 12.4 Å². The van der Waals surface area contributed by atoms with Gasteiger partial charge in [-0.25, -0.2) is 0 Å². The quantitative estimate of drug-likeness (QED) is 0.803. The summed E-state index contributed by atoms with van der Waals surface area (Å²) in [6.07, 6.45) is 4.63. The van der Waals surface area contributed by atoms with Gasteiger partial charge in [0.1, 0.15) is 0 Å². The Bertz CT molecular complexity index is 560. The molecule has 1 N–H and O–H groups in total. The predicted molar refractivity (Wildman–Crippen MR) is 95.1 cm³/mol. The van der Waals surface area contributed by atoms with E-state index in [0.717, 1.165) is 18.5 Å². The third kappa shape index (κ3) is 4.70. The van der Waals surface area contributed by atoms with Gasteiger partial charge in [0.15, 0.2) is 0 Å². The van der Waals surface area contributed by atoms with Crippen LogP contribution in [0.5, 0.6) is 0 Å². The maximum absolute atomic E-state index is 13.0. The van der Waals surface area contributed by atoms with Gasteiger partial charge in [-0.1, -0.05) is 6.92 Å². The molecule has 7 nitrogen and oxygen atoms in total. The second-order valence-corrected chi connectivity index (χ2v) is 6.37. The monoisotopic (exact) mass is 357 g/mol. The van der Waals surface area contributed by atoms with Crippen LogP contribution in [-0.2, 0) is 16.6 Å². The van der Waals surface area contributed by atoms with E-state index in [2.05, 4.69) is 10.4 Å². The average molecular weight is 358 g/mol. The highest BCUT2D eigenvalue weighted by Gasteiger charge is 2.37. The molecule has 1 aromatic rings. The molecule has 0 bridgehead atoms. The van der Waals surface area contributed by atoms with E-state index in [1.165, 1.54) is 4.90 Å². The highest BCUT2D eigenvalue weighted by Crippen LogP contribution is 2.29. The van der Waals surface area contributed by atoms with Crippen molar-refractivity contribution in [2.24, 2.45) is 13.0 Å². The molecule has 0 radical (unpaired) electrons. The Morgan fingerprint density at radius 1 is 1.38 bits per heavy atom. The lowest BCUT2D eigenvalue weighted by Gasteiger charge is -2.28. The summed E-state index contributed by atoms with van der Waals surface area (Å²) < 4.78 is 1.76. The molecule has 0 saturated carbocycles. The van der Waals surface area contributed by atoms with E-state index >= 15 is 0 Å². The number of halogens is 1. The van der Waals surface area contributed by atoms with Crippen LogP contribution in [0.3, 0.4) is 0 Å². The number of carbonyl (C=O) groups is 2. The standard InChI is InChI=1S/C16H27N5O2.ClH/c1-5-6-21(11-15(22)19(2)3)16(23)14-9-17-8-13(14)12-7-18-20(4)10-12;/h7,10,13-14,17H,5-6,8-9,11H2,1-4H3;1H/t13-,14+;/m1./s1. The zero-order chi connectivity index (χ0) is 17.0. The Kier molecular flexibility index (Phi) is 7.69. The normalized spacial score (nSPS) is 19.7. The second kappa shape index (κ2) is 9.03. The van der Waals surface area contributed by atoms with Crippen molar-refractivity contribution >= 4 is 24.2 Å². The maximum Gasteiger partial charge on any atom is 0.241 e. The first kappa shape index (κ1) is 20.4. The molecule has 2 atom stereocenters. The number of aryl methyl sites for hydroxylation is 1. The Hall–Kier alpha value is -1.60. The van der Waals surface area contributed by atoms with Crippen molar-refractivity contribution in [1.29, 1.82) is 0 Å². The van der Waals surface area contributed by atoms with Crippen molar-refractivity contribution in [2.75, 3.05) is 40.3 Å². The number of rotatable bonds is 6. The summed E-state index contributed by atoms with van der Waals surface area (Å²) in [4.78, 5) is 28.2. The Morgan fingerprint density at radius 2 is 2.08 bits per heavy atom. The minimum absolute atomic E-state index is 0. The van der Waals surface area contributed by atoms with Gasteiger partial charge in [-0.15, -0.1) is 12.4 Å². The Balaban J connectivity index is 0.00000288. The van der Waals surface area contributed by atoms with Crippen LogP contribution in [0.4, 0.5) is 0 Å². The smallest absolute Gasteiger partial charge is 0.241 e. The van der Waals surface area contributed by atoms with Crippen molar-refractivity contribution < 1.29 is 9.59 Å². The number of hydrogen-bond acceptors (Lipinski definition) is 4. The molecular formula is C16H28ClN5O2. The highest BCUT2D eigenvalue weighted by molar-refractivity contribution is 5.86. The van der Waals surface area contributed by atoms with Gasteiger partial charge in [0, 0.05) is 52.9 Å². The van der Waals surface area contributed by atoms with Gasteiger partial charge >= 0.3 is 0 Å². The van der Waals surface area contributed by atoms with Gasteiger partial charge in [0.25, 0.3) is 0 Å². The number of nitrogens with one attached hydrogen (secondary N) is 1. The van der Waals surface area contributed by atoms with Gasteiger partial charge < -0.3 is 15.1 Å². The van der Waals surface area contributed by atoms with Gasteiger partial charge in [0.05, 0.1) is 18.7 Å². The van der Waals surface area contributed by atoms with Crippen molar-refractivity contribution in [3.05, 3.63) is 18.0 Å². The lowest BCUT2D eigenvalue weighted by Crippen LogP contribution is -2.44. The van der Waals surface area contributed by atoms with Crippen LogP contribution in [-0.4, -0.2) is 71.7 Å². The molecule has 136 valence electrons. The Morgan fingerprint density at radius 3 is 2.62 bits per heavy atom. The van der Waals surface area contributed by atoms with Crippen LogP contribution in [0.15, 0.2) is 12.4 Å². The molecule has 1 fully saturated rings. The lowest BCUT2D eigenvalue weighted by atomic mass is 9.89. The SMILES string of the molecule is CCCN(CC(=O)N(C)C)C(=O)[C@H]1CNC[C@@H]1c1cnn(C)c1.Cl. The summed E-state index contributed by atoms with van der Waals surface area (Å²) in [6.45, 7) is 4.19. The molecule has 0 spiro atoms. The van der Waals surface area contributed by atoms with Crippen LogP contribution in [0.25, 0.3) is 0 Å². The first-order chi connectivity index (χ1) is 10.9. The summed E-state index contributed by atoms with van der Waals surface area (Å²) in [5.74, 6) is -0.0117. The average Bonchev–Trinajstić information content (AvgIpc) is 3.14. The van der Waals surface area contributed by atoms with E-state index in [-0.39, 0.29) is 42.6 Å². The number of aromatic nitrogens is 2. The first-order valence-corrected chi connectivity index (χ1v) is 8.12. The number of likely N-dealkylation sites (N-methyl/N-ethyl adjacent to an activating group) is 1. The highest BCUT2D eigenvalue weighted by atomic mass is 35.5. The van der Waals surface area contributed by atoms with Gasteiger partial charge in [0.2, 0.25) is 11.8 Å². The zero-order valence-corrected chi connectivity index (χ0v) is 15.7. The van der Waals surface area contributed by atoms with Crippen LogP contribution in [0.1, 0.15) is 24.8 Å². The molecule has 1 aliphatic rings. The number of amides is 2. The number of carbonyl (C=O) groups excluding carboxylic acids is 2. The van der Waals surface area contributed by atoms with Crippen molar-refractivity contribution in [3.8, 4) is 0 Å². The van der Waals surface area contributed by atoms with E-state index in [9.17, 15) is 9.59 Å². The van der Waals surface area contributed by atoms with Crippen LogP contribution in [0, 0.1) is 5.92 Å². The van der Waals surface area contributed by atoms with Crippen molar-refractivity contribution in [2.45, 2.75) is 19.3 Å². The minimum atomic E-state index is -0.138. The molecule has 2 heterocycles. The fourth-order valence-corrected chi connectivity index (χ4v) is 3.00. The van der Waals surface area contributed by atoms with E-state index in [4.69, 9.17) is 0 Å². The van der Waals surface area contributed by atoms with E-state index in [1.807, 2.05) is 26.4 Å². The topological polar surface area (TPSA) is 70.5 Å². The third-order valence-electron chi connectivity index (χ3n) is 4.31. The number of hydrogen-bond donors (Lipinski definition) is 1. The first-order valence-electron chi connectivity index (χ1n) is 8.12. The van der Waals surface area contributed by atoms with Crippen LogP contribution < -0.4 is 5.32 Å². The van der Waals surface area contributed by atoms with E-state index < -0.39 is 0 Å². The second-order valence-electron chi connectivity index (χ2n) is 6.37. The molecule has 1 saturated heterocycles. The molecule has 0 aliphatic carbocycles. The van der Waals surface area contributed by atoms with E-state index in [0.29, 0.717) is 13.1 Å². The van der Waals surface area contributed by atoms with Crippen LogP contribution in [0.2, 0.25) is 0 Å². The molecule has 0 aromatic carbocycles. The summed E-state index contributed by atoms with van der Waals surface area (Å²) >= 11 is 0. The minimum Gasteiger partial charge on any atom is -0.347 e. The lowest BCUT2D eigenvalue weighted by molar-refractivity contribution is -0.141. The predicted octanol–water partition coefficient (Wildman–Crippen LogP) is 0.472. The fourth-order valence-electron chi connectivity index (χ4n) is 3.00. The molecule has 24 heavy (non-hydrogen) atoms.